The number of methoxy groups -OCH3 is 2. The summed E-state index contributed by atoms with van der Waals surface area (Å²) >= 11 is 0. The zero-order valence-corrected chi connectivity index (χ0v) is 15.3. The molecule has 1 aromatic heterocycles. The van der Waals surface area contributed by atoms with Crippen molar-refractivity contribution in [2.45, 2.75) is 25.7 Å². The summed E-state index contributed by atoms with van der Waals surface area (Å²) in [5.41, 5.74) is 1.25. The summed E-state index contributed by atoms with van der Waals surface area (Å²) in [5.74, 6) is 1.89. The Morgan fingerprint density at radius 3 is 2.42 bits per heavy atom. The summed E-state index contributed by atoms with van der Waals surface area (Å²) in [6.45, 7) is 1.99. The van der Waals surface area contributed by atoms with E-state index in [0.29, 0.717) is 22.7 Å². The number of carbonyl (C=O) groups excluding carboxylic acids is 1. The lowest BCUT2D eigenvalue weighted by atomic mass is 10.2. The molecule has 0 spiro atoms. The minimum Gasteiger partial charge on any atom is -0.493 e. The fraction of sp³-hybridized carbons (Fsp3) is 0.400. The summed E-state index contributed by atoms with van der Waals surface area (Å²) < 4.78 is 10.5. The maximum Gasteiger partial charge on any atom is 0.255 e. The average molecular weight is 355 g/mol. The van der Waals surface area contributed by atoms with E-state index < -0.39 is 0 Å². The fourth-order valence-corrected chi connectivity index (χ4v) is 3.15. The maximum atomic E-state index is 12.6. The average Bonchev–Trinajstić information content (AvgIpc) is 2.97. The number of ether oxygens (including phenoxy) is 2. The van der Waals surface area contributed by atoms with Crippen molar-refractivity contribution in [3.63, 3.8) is 0 Å². The van der Waals surface area contributed by atoms with E-state index in [0.717, 1.165) is 18.9 Å². The molecule has 0 saturated carbocycles. The van der Waals surface area contributed by atoms with Gasteiger partial charge in [-0.1, -0.05) is 12.8 Å². The molecular weight excluding hydrogens is 330 g/mol. The molecule has 1 aliphatic heterocycles. The first kappa shape index (κ1) is 18.0. The highest BCUT2D eigenvalue weighted by atomic mass is 16.5. The van der Waals surface area contributed by atoms with Gasteiger partial charge < -0.3 is 19.7 Å². The van der Waals surface area contributed by atoms with Gasteiger partial charge in [0.1, 0.15) is 5.82 Å². The van der Waals surface area contributed by atoms with Gasteiger partial charge in [0, 0.05) is 36.6 Å². The van der Waals surface area contributed by atoms with Crippen molar-refractivity contribution >= 4 is 17.4 Å². The lowest BCUT2D eigenvalue weighted by molar-refractivity contribution is 0.102. The quantitative estimate of drug-likeness (QED) is 0.885. The van der Waals surface area contributed by atoms with E-state index in [9.17, 15) is 4.79 Å². The second-order valence-corrected chi connectivity index (χ2v) is 6.33. The van der Waals surface area contributed by atoms with E-state index in [4.69, 9.17) is 9.47 Å². The summed E-state index contributed by atoms with van der Waals surface area (Å²) in [7, 11) is 3.15. The van der Waals surface area contributed by atoms with Crippen LogP contribution in [0.3, 0.4) is 0 Å². The Labute approximate surface area is 154 Å². The second kappa shape index (κ2) is 8.56. The van der Waals surface area contributed by atoms with Crippen LogP contribution in [0.15, 0.2) is 36.5 Å². The number of aromatic nitrogens is 1. The highest BCUT2D eigenvalue weighted by Crippen LogP contribution is 2.30. The third kappa shape index (κ3) is 4.25. The maximum absolute atomic E-state index is 12.6. The van der Waals surface area contributed by atoms with Crippen LogP contribution in [0.5, 0.6) is 11.5 Å². The highest BCUT2D eigenvalue weighted by Gasteiger charge is 2.14. The lowest BCUT2D eigenvalue weighted by Crippen LogP contribution is -2.25. The molecule has 6 heteroatoms. The summed E-state index contributed by atoms with van der Waals surface area (Å²) in [5, 5.41) is 2.91. The molecule has 1 N–H and O–H groups in total. The number of anilines is 2. The molecule has 2 heterocycles. The molecule has 0 radical (unpaired) electrons. The van der Waals surface area contributed by atoms with E-state index in [-0.39, 0.29) is 5.91 Å². The van der Waals surface area contributed by atoms with E-state index >= 15 is 0 Å². The summed E-state index contributed by atoms with van der Waals surface area (Å²) in [6.07, 6.45) is 6.56. The number of carbonyl (C=O) groups is 1. The number of amides is 1. The molecule has 138 valence electrons. The minimum atomic E-state index is -0.171. The van der Waals surface area contributed by atoms with Gasteiger partial charge in [-0.05, 0) is 37.1 Å². The molecule has 0 unspecified atom stereocenters. The van der Waals surface area contributed by atoms with Crippen LogP contribution in [0, 0.1) is 0 Å². The molecule has 0 bridgehead atoms. The Bertz CT molecular complexity index is 756. The largest absolute Gasteiger partial charge is 0.493 e. The number of benzene rings is 1. The Morgan fingerprint density at radius 2 is 1.73 bits per heavy atom. The van der Waals surface area contributed by atoms with E-state index in [1.165, 1.54) is 25.7 Å². The van der Waals surface area contributed by atoms with Crippen molar-refractivity contribution in [2.24, 2.45) is 0 Å². The predicted octanol–water partition coefficient (Wildman–Crippen LogP) is 3.73. The molecule has 1 amide bonds. The van der Waals surface area contributed by atoms with Crippen LogP contribution in [0.4, 0.5) is 11.5 Å². The Kier molecular flexibility index (Phi) is 5.94. The standard InChI is InChI=1S/C20H25N3O3/c1-25-17-8-7-16(14-18(17)26-2)22-20(24)15-9-10-21-19(13-15)23-11-5-3-4-6-12-23/h7-10,13-14H,3-6,11-12H2,1-2H3,(H,22,24). The SMILES string of the molecule is COc1ccc(NC(=O)c2ccnc(N3CCCCCC3)c2)cc1OC. The number of rotatable bonds is 5. The van der Waals surface area contributed by atoms with Crippen molar-refractivity contribution in [1.29, 1.82) is 0 Å². The molecule has 0 aliphatic carbocycles. The van der Waals surface area contributed by atoms with Crippen LogP contribution in [-0.4, -0.2) is 38.2 Å². The van der Waals surface area contributed by atoms with Gasteiger partial charge in [0.25, 0.3) is 5.91 Å². The van der Waals surface area contributed by atoms with E-state index in [2.05, 4.69) is 15.2 Å². The number of hydrogen-bond donors (Lipinski definition) is 1. The van der Waals surface area contributed by atoms with Gasteiger partial charge in [0.15, 0.2) is 11.5 Å². The third-order valence-corrected chi connectivity index (χ3v) is 4.58. The third-order valence-electron chi connectivity index (χ3n) is 4.58. The first-order valence-corrected chi connectivity index (χ1v) is 8.95. The van der Waals surface area contributed by atoms with Crippen LogP contribution in [0.25, 0.3) is 0 Å². The first-order chi connectivity index (χ1) is 12.7. The molecule has 1 saturated heterocycles. The van der Waals surface area contributed by atoms with Crippen molar-refractivity contribution in [2.75, 3.05) is 37.5 Å². The fourth-order valence-electron chi connectivity index (χ4n) is 3.15. The molecule has 2 aromatic rings. The summed E-state index contributed by atoms with van der Waals surface area (Å²) in [4.78, 5) is 19.4. The second-order valence-electron chi connectivity index (χ2n) is 6.33. The first-order valence-electron chi connectivity index (χ1n) is 8.95. The zero-order valence-electron chi connectivity index (χ0n) is 15.3. The molecule has 1 fully saturated rings. The smallest absolute Gasteiger partial charge is 0.255 e. The van der Waals surface area contributed by atoms with Gasteiger partial charge in [-0.2, -0.15) is 0 Å². The van der Waals surface area contributed by atoms with Crippen molar-refractivity contribution in [3.8, 4) is 11.5 Å². The topological polar surface area (TPSA) is 63.7 Å². The Hall–Kier alpha value is -2.76. The number of pyridine rings is 1. The minimum absolute atomic E-state index is 0.171. The molecule has 0 atom stereocenters. The monoisotopic (exact) mass is 355 g/mol. The number of nitrogens with zero attached hydrogens (tertiary/aromatic N) is 2. The van der Waals surface area contributed by atoms with Gasteiger partial charge in [-0.15, -0.1) is 0 Å². The highest BCUT2D eigenvalue weighted by molar-refractivity contribution is 6.04. The van der Waals surface area contributed by atoms with Crippen LogP contribution >= 0.6 is 0 Å². The van der Waals surface area contributed by atoms with Gasteiger partial charge in [-0.25, -0.2) is 4.98 Å². The van der Waals surface area contributed by atoms with Crippen LogP contribution in [-0.2, 0) is 0 Å². The zero-order chi connectivity index (χ0) is 18.4. The van der Waals surface area contributed by atoms with Gasteiger partial charge in [0.05, 0.1) is 14.2 Å². The van der Waals surface area contributed by atoms with Crippen molar-refractivity contribution < 1.29 is 14.3 Å². The Morgan fingerprint density at radius 1 is 1.00 bits per heavy atom. The molecule has 1 aromatic carbocycles. The van der Waals surface area contributed by atoms with Crippen LogP contribution in [0.1, 0.15) is 36.0 Å². The molecule has 1 aliphatic rings. The number of hydrogen-bond acceptors (Lipinski definition) is 5. The van der Waals surface area contributed by atoms with Gasteiger partial charge in [-0.3, -0.25) is 4.79 Å². The van der Waals surface area contributed by atoms with Crippen LogP contribution < -0.4 is 19.7 Å². The van der Waals surface area contributed by atoms with Gasteiger partial charge in [0.2, 0.25) is 0 Å². The van der Waals surface area contributed by atoms with Crippen molar-refractivity contribution in [3.05, 3.63) is 42.1 Å². The lowest BCUT2D eigenvalue weighted by Gasteiger charge is -2.21. The molecular formula is C20H25N3O3. The van der Waals surface area contributed by atoms with Crippen LogP contribution in [0.2, 0.25) is 0 Å². The molecule has 3 rings (SSSR count). The normalized spacial score (nSPS) is 14.5. The summed E-state index contributed by atoms with van der Waals surface area (Å²) in [6, 6.07) is 8.90. The van der Waals surface area contributed by atoms with E-state index in [1.807, 2.05) is 6.07 Å². The molecule has 26 heavy (non-hydrogen) atoms. The van der Waals surface area contributed by atoms with E-state index in [1.54, 1.807) is 44.7 Å². The van der Waals surface area contributed by atoms with Crippen molar-refractivity contribution in [1.82, 2.24) is 4.98 Å². The Balaban J connectivity index is 1.74. The predicted molar refractivity (Wildman–Crippen MR) is 102 cm³/mol. The number of nitrogens with one attached hydrogen (secondary N) is 1. The molecule has 6 nitrogen and oxygen atoms in total. The van der Waals surface area contributed by atoms with Gasteiger partial charge >= 0.3 is 0 Å².